The molecule has 1 N–H and O–H groups in total. The van der Waals surface area contributed by atoms with E-state index in [-0.39, 0.29) is 5.54 Å². The van der Waals surface area contributed by atoms with Crippen molar-refractivity contribution < 1.29 is 4.42 Å². The van der Waals surface area contributed by atoms with Gasteiger partial charge < -0.3 is 9.73 Å². The summed E-state index contributed by atoms with van der Waals surface area (Å²) in [6.45, 7) is 8.95. The summed E-state index contributed by atoms with van der Waals surface area (Å²) < 4.78 is 7.25. The molecule has 0 fully saturated rings. The molecule has 3 aromatic heterocycles. The smallest absolute Gasteiger partial charge is 0.253 e. The summed E-state index contributed by atoms with van der Waals surface area (Å²) in [6, 6.07) is 10.2. The summed E-state index contributed by atoms with van der Waals surface area (Å²) in [5.41, 5.74) is 6.00. The van der Waals surface area contributed by atoms with E-state index >= 15 is 0 Å². The maximum Gasteiger partial charge on any atom is 0.253 e. The molecule has 4 heterocycles. The first-order chi connectivity index (χ1) is 13.4. The van der Waals surface area contributed by atoms with Crippen molar-refractivity contribution in [3.05, 3.63) is 53.9 Å². The minimum absolute atomic E-state index is 0.105. The largest absolute Gasteiger partial charge is 0.461 e. The van der Waals surface area contributed by atoms with Gasteiger partial charge in [0, 0.05) is 23.0 Å². The molecule has 0 saturated heterocycles. The summed E-state index contributed by atoms with van der Waals surface area (Å²) in [5.74, 6) is 2.22. The van der Waals surface area contributed by atoms with Crippen LogP contribution in [-0.2, 0) is 0 Å². The zero-order valence-electron chi connectivity index (χ0n) is 16.5. The Labute approximate surface area is 163 Å². The molecule has 1 unspecified atom stereocenters. The molecular formula is C22H23N5O. The number of aryl methyl sites for hydroxylation is 1. The van der Waals surface area contributed by atoms with Crippen LogP contribution in [0.4, 0.5) is 5.69 Å². The van der Waals surface area contributed by atoms with Crippen molar-refractivity contribution >= 4 is 11.5 Å². The maximum absolute atomic E-state index is 5.45. The van der Waals surface area contributed by atoms with Crippen molar-refractivity contribution in [1.29, 1.82) is 0 Å². The molecular weight excluding hydrogens is 350 g/mol. The SMILES string of the molecule is Cc1cc2c(cc1-c1ccnc3nc(-c4ccco4)nn13)C(C)CC(C)(C)N2. The van der Waals surface area contributed by atoms with E-state index in [0.717, 1.165) is 17.7 Å². The van der Waals surface area contributed by atoms with Crippen molar-refractivity contribution in [2.24, 2.45) is 0 Å². The Morgan fingerprint density at radius 3 is 2.89 bits per heavy atom. The van der Waals surface area contributed by atoms with E-state index in [0.29, 0.717) is 23.3 Å². The summed E-state index contributed by atoms with van der Waals surface area (Å²) >= 11 is 0. The number of benzene rings is 1. The fourth-order valence-corrected chi connectivity index (χ4v) is 4.32. The normalized spacial score (nSPS) is 18.1. The minimum atomic E-state index is 0.105. The topological polar surface area (TPSA) is 68.2 Å². The van der Waals surface area contributed by atoms with Gasteiger partial charge in [-0.05, 0) is 74.6 Å². The fourth-order valence-electron chi connectivity index (χ4n) is 4.32. The summed E-state index contributed by atoms with van der Waals surface area (Å²) in [6.07, 6.45) is 4.51. The Bertz CT molecular complexity index is 1170. The third-order valence-corrected chi connectivity index (χ3v) is 5.48. The Balaban J connectivity index is 1.68. The van der Waals surface area contributed by atoms with Gasteiger partial charge >= 0.3 is 0 Å². The predicted molar refractivity (Wildman–Crippen MR) is 109 cm³/mol. The lowest BCUT2D eigenvalue weighted by Crippen LogP contribution is -2.36. The summed E-state index contributed by atoms with van der Waals surface area (Å²) in [4.78, 5) is 8.91. The van der Waals surface area contributed by atoms with Gasteiger partial charge in [0.15, 0.2) is 5.76 Å². The van der Waals surface area contributed by atoms with Gasteiger partial charge in [-0.25, -0.2) is 4.98 Å². The molecule has 0 saturated carbocycles. The summed E-state index contributed by atoms with van der Waals surface area (Å²) in [5, 5.41) is 8.35. The standard InChI is InChI=1S/C22H23N5O/c1-13-10-17-15(14(2)12-22(3,4)25-17)11-16(13)18-7-8-23-21-24-20(26-27(18)21)19-6-5-9-28-19/h5-11,14,25H,12H2,1-4H3. The molecule has 0 bridgehead atoms. The van der Waals surface area contributed by atoms with Crippen molar-refractivity contribution in [2.75, 3.05) is 5.32 Å². The number of furan rings is 1. The highest BCUT2D eigenvalue weighted by Crippen LogP contribution is 2.41. The zero-order chi connectivity index (χ0) is 19.5. The number of aromatic nitrogens is 4. The first-order valence-corrected chi connectivity index (χ1v) is 9.60. The second-order valence-electron chi connectivity index (χ2n) is 8.32. The third kappa shape index (κ3) is 2.68. The molecule has 0 aliphatic carbocycles. The van der Waals surface area contributed by atoms with E-state index < -0.39 is 0 Å². The molecule has 0 amide bonds. The third-order valence-electron chi connectivity index (χ3n) is 5.48. The van der Waals surface area contributed by atoms with Gasteiger partial charge in [0.2, 0.25) is 5.82 Å². The van der Waals surface area contributed by atoms with Crippen LogP contribution in [0.3, 0.4) is 0 Å². The Morgan fingerprint density at radius 1 is 1.25 bits per heavy atom. The second kappa shape index (κ2) is 5.92. The van der Waals surface area contributed by atoms with Crippen LogP contribution in [0.1, 0.15) is 44.2 Å². The van der Waals surface area contributed by atoms with E-state index in [1.165, 1.54) is 16.8 Å². The Kier molecular flexibility index (Phi) is 3.59. The molecule has 1 aliphatic heterocycles. The number of rotatable bonds is 2. The molecule has 1 aliphatic rings. The highest BCUT2D eigenvalue weighted by Gasteiger charge is 2.30. The average Bonchev–Trinajstić information content (AvgIpc) is 3.29. The minimum Gasteiger partial charge on any atom is -0.461 e. The molecule has 6 heteroatoms. The fraction of sp³-hybridized carbons (Fsp3) is 0.318. The van der Waals surface area contributed by atoms with Gasteiger partial charge in [0.05, 0.1) is 12.0 Å². The van der Waals surface area contributed by atoms with Crippen LogP contribution in [-0.4, -0.2) is 25.1 Å². The molecule has 0 radical (unpaired) electrons. The van der Waals surface area contributed by atoms with Gasteiger partial charge in [0.1, 0.15) is 0 Å². The second-order valence-corrected chi connectivity index (χ2v) is 8.32. The van der Waals surface area contributed by atoms with Gasteiger partial charge in [-0.15, -0.1) is 5.10 Å². The van der Waals surface area contributed by atoms with Crippen LogP contribution in [0.25, 0.3) is 28.6 Å². The number of hydrogen-bond donors (Lipinski definition) is 1. The van der Waals surface area contributed by atoms with E-state index in [1.54, 1.807) is 17.0 Å². The molecule has 142 valence electrons. The highest BCUT2D eigenvalue weighted by molar-refractivity contribution is 5.73. The lowest BCUT2D eigenvalue weighted by Gasteiger charge is -2.38. The average molecular weight is 373 g/mol. The van der Waals surface area contributed by atoms with E-state index in [1.807, 2.05) is 18.2 Å². The predicted octanol–water partition coefficient (Wildman–Crippen LogP) is 5.06. The first-order valence-electron chi connectivity index (χ1n) is 9.60. The van der Waals surface area contributed by atoms with Crippen molar-refractivity contribution in [1.82, 2.24) is 19.6 Å². The van der Waals surface area contributed by atoms with Gasteiger partial charge in [-0.3, -0.25) is 0 Å². The lowest BCUT2D eigenvalue weighted by molar-refractivity contribution is 0.454. The van der Waals surface area contributed by atoms with E-state index in [9.17, 15) is 0 Å². The molecule has 5 rings (SSSR count). The molecule has 6 nitrogen and oxygen atoms in total. The van der Waals surface area contributed by atoms with Gasteiger partial charge in [0.25, 0.3) is 5.78 Å². The number of nitrogens with one attached hydrogen (secondary N) is 1. The van der Waals surface area contributed by atoms with E-state index in [4.69, 9.17) is 4.42 Å². The molecule has 0 spiro atoms. The Hall–Kier alpha value is -3.15. The first kappa shape index (κ1) is 17.0. The van der Waals surface area contributed by atoms with Crippen LogP contribution in [0.5, 0.6) is 0 Å². The van der Waals surface area contributed by atoms with Crippen LogP contribution < -0.4 is 5.32 Å². The lowest BCUT2D eigenvalue weighted by atomic mass is 9.80. The molecule has 1 aromatic carbocycles. The number of anilines is 1. The van der Waals surface area contributed by atoms with Gasteiger partial charge in [-0.1, -0.05) is 6.92 Å². The van der Waals surface area contributed by atoms with Gasteiger partial charge in [-0.2, -0.15) is 9.50 Å². The van der Waals surface area contributed by atoms with Crippen molar-refractivity contribution in [3.63, 3.8) is 0 Å². The number of hydrogen-bond acceptors (Lipinski definition) is 5. The number of fused-ring (bicyclic) bond motifs is 2. The van der Waals surface area contributed by atoms with Crippen LogP contribution in [0.2, 0.25) is 0 Å². The highest BCUT2D eigenvalue weighted by atomic mass is 16.3. The van der Waals surface area contributed by atoms with Crippen LogP contribution in [0.15, 0.2) is 47.2 Å². The van der Waals surface area contributed by atoms with Crippen molar-refractivity contribution in [3.8, 4) is 22.8 Å². The summed E-state index contributed by atoms with van der Waals surface area (Å²) in [7, 11) is 0. The quantitative estimate of drug-likeness (QED) is 0.532. The monoisotopic (exact) mass is 373 g/mol. The molecule has 28 heavy (non-hydrogen) atoms. The Morgan fingerprint density at radius 2 is 2.11 bits per heavy atom. The molecule has 1 atom stereocenters. The van der Waals surface area contributed by atoms with E-state index in [2.05, 4.69) is 60.2 Å². The van der Waals surface area contributed by atoms with Crippen LogP contribution >= 0.6 is 0 Å². The zero-order valence-corrected chi connectivity index (χ0v) is 16.5. The van der Waals surface area contributed by atoms with Crippen molar-refractivity contribution in [2.45, 2.75) is 45.6 Å². The number of nitrogens with zero attached hydrogens (tertiary/aromatic N) is 4. The molecule has 4 aromatic rings. The van der Waals surface area contributed by atoms with Crippen LogP contribution in [0, 0.1) is 6.92 Å². The maximum atomic E-state index is 5.45.